The molecule has 3 heteroatoms. The first-order chi connectivity index (χ1) is 24.2. The van der Waals surface area contributed by atoms with Crippen LogP contribution in [-0.2, 0) is 12.2 Å². The lowest BCUT2D eigenvalue weighted by molar-refractivity contribution is 0.413. The molecule has 49 heavy (non-hydrogen) atoms. The molecule has 1 heterocycles. The Kier molecular flexibility index (Phi) is 7.09. The molecule has 0 amide bonds. The van der Waals surface area contributed by atoms with E-state index in [4.69, 9.17) is 10.2 Å². The van der Waals surface area contributed by atoms with E-state index < -0.39 is 5.66 Å². The van der Waals surface area contributed by atoms with Crippen molar-refractivity contribution in [2.24, 2.45) is 5.73 Å². The van der Waals surface area contributed by atoms with E-state index in [0.29, 0.717) is 6.54 Å². The van der Waals surface area contributed by atoms with Crippen molar-refractivity contribution < 1.29 is 4.42 Å². The highest BCUT2D eigenvalue weighted by Gasteiger charge is 2.29. The summed E-state index contributed by atoms with van der Waals surface area (Å²) in [6.07, 6.45) is 0. The normalized spacial score (nSPS) is 12.9. The maximum absolute atomic E-state index is 7.31. The standard InChI is InChI=1S/C46H34N2O/c47-46(35-17-5-2-6-18-35,36-27-25-33(26-28-36)32-14-3-1-4-15-32)48-30-31-13-11-16-34(29-31)37-23-12-24-42-43-40-21-9-7-19-38(40)39-20-8-10-22-41(39)45(43)49-44(37)42/h1-29,48H,30,47H2. The van der Waals surface area contributed by atoms with Crippen LogP contribution in [0.5, 0.6) is 0 Å². The van der Waals surface area contributed by atoms with Gasteiger partial charge in [-0.25, -0.2) is 0 Å². The lowest BCUT2D eigenvalue weighted by Crippen LogP contribution is -2.51. The Bertz CT molecular complexity index is 2610. The minimum atomic E-state index is -0.895. The van der Waals surface area contributed by atoms with Gasteiger partial charge in [0.05, 0.1) is 0 Å². The van der Waals surface area contributed by atoms with Gasteiger partial charge >= 0.3 is 0 Å². The number of hydrogen-bond acceptors (Lipinski definition) is 3. The molecular weight excluding hydrogens is 597 g/mol. The Morgan fingerprint density at radius 2 is 1.00 bits per heavy atom. The second-order valence-corrected chi connectivity index (χ2v) is 12.8. The first kappa shape index (κ1) is 29.2. The van der Waals surface area contributed by atoms with Gasteiger partial charge in [-0.3, -0.25) is 5.32 Å². The van der Waals surface area contributed by atoms with Gasteiger partial charge in [0.2, 0.25) is 0 Å². The van der Waals surface area contributed by atoms with E-state index in [0.717, 1.165) is 60.7 Å². The van der Waals surface area contributed by atoms with Crippen molar-refractivity contribution in [2.75, 3.05) is 0 Å². The largest absolute Gasteiger partial charge is 0.455 e. The van der Waals surface area contributed by atoms with Crippen LogP contribution in [0.3, 0.4) is 0 Å². The molecule has 8 aromatic carbocycles. The highest BCUT2D eigenvalue weighted by Crippen LogP contribution is 2.43. The third-order valence-corrected chi connectivity index (χ3v) is 9.86. The molecule has 0 aliphatic rings. The summed E-state index contributed by atoms with van der Waals surface area (Å²) in [5.41, 5.74) is 15.9. The van der Waals surface area contributed by atoms with E-state index in [-0.39, 0.29) is 0 Å². The van der Waals surface area contributed by atoms with Crippen LogP contribution in [0.4, 0.5) is 0 Å². The van der Waals surface area contributed by atoms with E-state index in [9.17, 15) is 0 Å². The van der Waals surface area contributed by atoms with Crippen molar-refractivity contribution in [3.8, 4) is 22.3 Å². The molecule has 3 nitrogen and oxygen atoms in total. The molecule has 0 bridgehead atoms. The summed E-state index contributed by atoms with van der Waals surface area (Å²) in [7, 11) is 0. The average Bonchev–Trinajstić information content (AvgIpc) is 3.58. The van der Waals surface area contributed by atoms with Gasteiger partial charge in [-0.1, -0.05) is 170 Å². The number of nitrogens with one attached hydrogen (secondary N) is 1. The minimum Gasteiger partial charge on any atom is -0.455 e. The van der Waals surface area contributed by atoms with E-state index >= 15 is 0 Å². The topological polar surface area (TPSA) is 51.2 Å². The molecule has 0 saturated heterocycles. The minimum absolute atomic E-state index is 0.574. The molecule has 234 valence electrons. The van der Waals surface area contributed by atoms with Crippen molar-refractivity contribution >= 4 is 43.5 Å². The molecule has 9 aromatic rings. The van der Waals surface area contributed by atoms with Crippen LogP contribution in [0.25, 0.3) is 65.7 Å². The highest BCUT2D eigenvalue weighted by atomic mass is 16.3. The molecule has 0 aliphatic heterocycles. The second-order valence-electron chi connectivity index (χ2n) is 12.8. The quantitative estimate of drug-likeness (QED) is 0.136. The van der Waals surface area contributed by atoms with Gasteiger partial charge in [-0.05, 0) is 55.6 Å². The maximum atomic E-state index is 7.31. The molecule has 0 fully saturated rings. The Hall–Kier alpha value is -6.00. The summed E-state index contributed by atoms with van der Waals surface area (Å²) in [5.74, 6) is 0. The highest BCUT2D eigenvalue weighted by molar-refractivity contribution is 6.30. The van der Waals surface area contributed by atoms with Crippen LogP contribution < -0.4 is 11.1 Å². The van der Waals surface area contributed by atoms with Gasteiger partial charge in [0.25, 0.3) is 0 Å². The first-order valence-electron chi connectivity index (χ1n) is 16.8. The Morgan fingerprint density at radius 1 is 0.449 bits per heavy atom. The Balaban J connectivity index is 1.10. The monoisotopic (exact) mass is 630 g/mol. The van der Waals surface area contributed by atoms with Crippen LogP contribution in [-0.4, -0.2) is 0 Å². The maximum Gasteiger partial charge on any atom is 0.143 e. The molecule has 1 unspecified atom stereocenters. The van der Waals surface area contributed by atoms with Gasteiger partial charge < -0.3 is 10.2 Å². The van der Waals surface area contributed by atoms with Crippen molar-refractivity contribution in [3.05, 3.63) is 193 Å². The van der Waals surface area contributed by atoms with Crippen molar-refractivity contribution in [1.29, 1.82) is 0 Å². The number of rotatable bonds is 7. The molecule has 0 radical (unpaired) electrons. The van der Waals surface area contributed by atoms with Crippen LogP contribution >= 0.6 is 0 Å². The Morgan fingerprint density at radius 3 is 1.76 bits per heavy atom. The Labute approximate surface area is 285 Å². The summed E-state index contributed by atoms with van der Waals surface area (Å²) in [4.78, 5) is 0. The molecule has 1 aromatic heterocycles. The zero-order valence-corrected chi connectivity index (χ0v) is 26.9. The van der Waals surface area contributed by atoms with Crippen LogP contribution in [0.2, 0.25) is 0 Å². The number of para-hydroxylation sites is 1. The van der Waals surface area contributed by atoms with Gasteiger partial charge in [0, 0.05) is 28.3 Å². The van der Waals surface area contributed by atoms with E-state index in [1.54, 1.807) is 0 Å². The zero-order chi connectivity index (χ0) is 32.8. The fraction of sp³-hybridized carbons (Fsp3) is 0.0435. The van der Waals surface area contributed by atoms with Gasteiger partial charge in [-0.2, -0.15) is 0 Å². The van der Waals surface area contributed by atoms with Crippen molar-refractivity contribution in [3.63, 3.8) is 0 Å². The van der Waals surface area contributed by atoms with Crippen LogP contribution in [0.15, 0.2) is 180 Å². The van der Waals surface area contributed by atoms with Crippen LogP contribution in [0.1, 0.15) is 16.7 Å². The van der Waals surface area contributed by atoms with E-state index in [2.05, 4.69) is 157 Å². The molecular formula is C46H34N2O. The van der Waals surface area contributed by atoms with E-state index in [1.165, 1.54) is 21.7 Å². The summed E-state index contributed by atoms with van der Waals surface area (Å²) < 4.78 is 6.84. The molecule has 0 aliphatic carbocycles. The number of furan rings is 1. The zero-order valence-electron chi connectivity index (χ0n) is 26.9. The number of fused-ring (bicyclic) bond motifs is 8. The predicted molar refractivity (Wildman–Crippen MR) is 204 cm³/mol. The summed E-state index contributed by atoms with van der Waals surface area (Å²) in [5, 5.41) is 10.8. The van der Waals surface area contributed by atoms with E-state index in [1.807, 2.05) is 24.3 Å². The smallest absolute Gasteiger partial charge is 0.143 e. The third kappa shape index (κ3) is 4.99. The first-order valence-corrected chi connectivity index (χ1v) is 16.8. The summed E-state index contributed by atoms with van der Waals surface area (Å²) >= 11 is 0. The average molecular weight is 631 g/mol. The predicted octanol–water partition coefficient (Wildman–Crippen LogP) is 11.2. The number of benzene rings is 8. The number of hydrogen-bond donors (Lipinski definition) is 2. The number of nitrogens with two attached hydrogens (primary N) is 1. The van der Waals surface area contributed by atoms with Crippen LogP contribution in [0, 0.1) is 0 Å². The van der Waals surface area contributed by atoms with Gasteiger partial charge in [-0.15, -0.1) is 0 Å². The molecule has 9 rings (SSSR count). The fourth-order valence-electron chi connectivity index (χ4n) is 7.37. The second kappa shape index (κ2) is 11.9. The lowest BCUT2D eigenvalue weighted by Gasteiger charge is -2.32. The molecule has 1 atom stereocenters. The molecule has 0 saturated carbocycles. The van der Waals surface area contributed by atoms with Gasteiger partial charge in [0.1, 0.15) is 16.8 Å². The molecule has 3 N–H and O–H groups in total. The molecule has 0 spiro atoms. The lowest BCUT2D eigenvalue weighted by atomic mass is 9.90. The van der Waals surface area contributed by atoms with Crippen molar-refractivity contribution in [1.82, 2.24) is 5.32 Å². The summed E-state index contributed by atoms with van der Waals surface area (Å²) in [6, 6.07) is 61.6. The van der Waals surface area contributed by atoms with Gasteiger partial charge in [0.15, 0.2) is 0 Å². The SMILES string of the molecule is NC(NCc1cccc(-c2cccc3c2oc2c4ccccc4c4ccccc4c32)c1)(c1ccccc1)c1ccc(-c2ccccc2)cc1. The van der Waals surface area contributed by atoms with Crippen molar-refractivity contribution in [2.45, 2.75) is 12.2 Å². The summed E-state index contributed by atoms with van der Waals surface area (Å²) in [6.45, 7) is 0.574. The fourth-order valence-corrected chi connectivity index (χ4v) is 7.37. The third-order valence-electron chi connectivity index (χ3n) is 9.86.